The Hall–Kier alpha value is -0.450. The highest BCUT2D eigenvalue weighted by atomic mass is 79.9. The molecule has 1 aromatic carbocycles. The first-order valence-electron chi connectivity index (χ1n) is 4.83. The van der Waals surface area contributed by atoms with Gasteiger partial charge >= 0.3 is 0 Å². The average molecular weight is 309 g/mol. The van der Waals surface area contributed by atoms with Crippen molar-refractivity contribution < 1.29 is 9.18 Å². The molecule has 0 aliphatic rings. The predicted octanol–water partition coefficient (Wildman–Crippen LogP) is 3.42. The Morgan fingerprint density at radius 3 is 2.75 bits per heavy atom. The molecular weight excluding hydrogens is 296 g/mol. The summed E-state index contributed by atoms with van der Waals surface area (Å²) in [6.45, 7) is 3.93. The maximum atomic E-state index is 13.6. The summed E-state index contributed by atoms with van der Waals surface area (Å²) in [4.78, 5) is 11.7. The summed E-state index contributed by atoms with van der Waals surface area (Å²) in [5.74, 6) is -0.979. The molecule has 0 aromatic heterocycles. The molecular formula is C11H12BrClFNO. The Balaban J connectivity index is 2.88. The Labute approximate surface area is 107 Å². The summed E-state index contributed by atoms with van der Waals surface area (Å²) in [6.07, 6.45) is 0. The van der Waals surface area contributed by atoms with E-state index in [0.717, 1.165) is 0 Å². The van der Waals surface area contributed by atoms with Crippen molar-refractivity contribution in [2.75, 3.05) is 6.54 Å². The molecule has 1 N–H and O–H groups in total. The molecule has 0 atom stereocenters. The number of hydrogen-bond donors (Lipinski definition) is 1. The highest BCUT2D eigenvalue weighted by molar-refractivity contribution is 9.10. The number of carbonyl (C=O) groups is 1. The fourth-order valence-electron chi connectivity index (χ4n) is 1.13. The van der Waals surface area contributed by atoms with Crippen LogP contribution >= 0.6 is 27.5 Å². The number of halogens is 3. The first-order valence-corrected chi connectivity index (χ1v) is 6.00. The van der Waals surface area contributed by atoms with Crippen LogP contribution in [0.4, 0.5) is 4.39 Å². The number of carbonyl (C=O) groups excluding carboxylic acids is 1. The summed E-state index contributed by atoms with van der Waals surface area (Å²) >= 11 is 8.79. The molecule has 0 unspecified atom stereocenters. The van der Waals surface area contributed by atoms with Gasteiger partial charge in [0, 0.05) is 10.5 Å². The standard InChI is InChI=1S/C11H12BrClFNO/c1-6(2)15-5-9(16)7-3-4-8(12)10(13)11(7)14/h3-4,6,15H,5H2,1-2H3. The van der Waals surface area contributed by atoms with Crippen LogP contribution in [0.15, 0.2) is 16.6 Å². The van der Waals surface area contributed by atoms with E-state index in [-0.39, 0.29) is 29.0 Å². The van der Waals surface area contributed by atoms with E-state index in [1.807, 2.05) is 13.8 Å². The van der Waals surface area contributed by atoms with Gasteiger partial charge in [0.15, 0.2) is 11.6 Å². The van der Waals surface area contributed by atoms with Gasteiger partial charge in [0.25, 0.3) is 0 Å². The van der Waals surface area contributed by atoms with E-state index in [1.165, 1.54) is 6.07 Å². The average Bonchev–Trinajstić information content (AvgIpc) is 2.23. The van der Waals surface area contributed by atoms with E-state index < -0.39 is 5.82 Å². The number of rotatable bonds is 4. The lowest BCUT2D eigenvalue weighted by Gasteiger charge is -2.08. The third-order valence-corrected chi connectivity index (χ3v) is 3.27. The largest absolute Gasteiger partial charge is 0.307 e. The normalized spacial score (nSPS) is 10.9. The van der Waals surface area contributed by atoms with E-state index in [0.29, 0.717) is 4.47 Å². The molecule has 0 aliphatic carbocycles. The Morgan fingerprint density at radius 2 is 2.19 bits per heavy atom. The van der Waals surface area contributed by atoms with Crippen molar-refractivity contribution in [2.45, 2.75) is 19.9 Å². The minimum absolute atomic E-state index is 0.0151. The van der Waals surface area contributed by atoms with Crippen LogP contribution in [0.3, 0.4) is 0 Å². The predicted molar refractivity (Wildman–Crippen MR) is 66.6 cm³/mol. The maximum absolute atomic E-state index is 13.6. The van der Waals surface area contributed by atoms with Gasteiger partial charge in [-0.25, -0.2) is 4.39 Å². The Bertz CT molecular complexity index is 409. The number of hydrogen-bond acceptors (Lipinski definition) is 2. The molecule has 1 rings (SSSR count). The van der Waals surface area contributed by atoms with Crippen LogP contribution in [0.5, 0.6) is 0 Å². The monoisotopic (exact) mass is 307 g/mol. The minimum Gasteiger partial charge on any atom is -0.307 e. The van der Waals surface area contributed by atoms with Gasteiger partial charge in [-0.3, -0.25) is 4.79 Å². The molecule has 0 fully saturated rings. The second kappa shape index (κ2) is 5.75. The summed E-state index contributed by atoms with van der Waals surface area (Å²) in [7, 11) is 0. The third kappa shape index (κ3) is 3.27. The molecule has 0 bridgehead atoms. The van der Waals surface area contributed by atoms with E-state index in [2.05, 4.69) is 21.2 Å². The van der Waals surface area contributed by atoms with Gasteiger partial charge in [0.1, 0.15) is 0 Å². The molecule has 2 nitrogen and oxygen atoms in total. The van der Waals surface area contributed by atoms with Crippen molar-refractivity contribution in [3.8, 4) is 0 Å². The molecule has 0 spiro atoms. The van der Waals surface area contributed by atoms with Crippen LogP contribution in [0, 0.1) is 5.82 Å². The first kappa shape index (κ1) is 13.6. The zero-order valence-electron chi connectivity index (χ0n) is 8.98. The zero-order chi connectivity index (χ0) is 12.3. The summed E-state index contributed by atoms with van der Waals surface area (Å²) in [5, 5.41) is 2.87. The van der Waals surface area contributed by atoms with Gasteiger partial charge in [-0.2, -0.15) is 0 Å². The van der Waals surface area contributed by atoms with E-state index in [9.17, 15) is 9.18 Å². The smallest absolute Gasteiger partial charge is 0.179 e. The first-order chi connectivity index (χ1) is 7.43. The summed E-state index contributed by atoms with van der Waals surface area (Å²) in [6, 6.07) is 3.17. The van der Waals surface area contributed by atoms with Gasteiger partial charge in [0.2, 0.25) is 0 Å². The van der Waals surface area contributed by atoms with Crippen molar-refractivity contribution in [2.24, 2.45) is 0 Å². The number of ketones is 1. The van der Waals surface area contributed by atoms with Crippen LogP contribution in [0.2, 0.25) is 5.02 Å². The van der Waals surface area contributed by atoms with E-state index >= 15 is 0 Å². The van der Waals surface area contributed by atoms with Crippen LogP contribution in [-0.4, -0.2) is 18.4 Å². The lowest BCUT2D eigenvalue weighted by atomic mass is 10.1. The molecule has 0 heterocycles. The summed E-state index contributed by atoms with van der Waals surface area (Å²) < 4.78 is 14.1. The van der Waals surface area contributed by atoms with Crippen LogP contribution in [0.1, 0.15) is 24.2 Å². The van der Waals surface area contributed by atoms with Gasteiger partial charge in [-0.15, -0.1) is 0 Å². The highest BCUT2D eigenvalue weighted by Crippen LogP contribution is 2.27. The molecule has 0 amide bonds. The van der Waals surface area contributed by atoms with Crippen LogP contribution in [0.25, 0.3) is 0 Å². The van der Waals surface area contributed by atoms with Crippen molar-refractivity contribution in [1.29, 1.82) is 0 Å². The second-order valence-corrected chi connectivity index (χ2v) is 4.91. The molecule has 0 saturated heterocycles. The third-order valence-electron chi connectivity index (χ3n) is 2.01. The van der Waals surface area contributed by atoms with Crippen LogP contribution < -0.4 is 5.32 Å². The van der Waals surface area contributed by atoms with Crippen molar-refractivity contribution >= 4 is 33.3 Å². The van der Waals surface area contributed by atoms with Crippen molar-refractivity contribution in [1.82, 2.24) is 5.32 Å². The van der Waals surface area contributed by atoms with Gasteiger partial charge in [-0.1, -0.05) is 25.4 Å². The fraction of sp³-hybridized carbons (Fsp3) is 0.364. The zero-order valence-corrected chi connectivity index (χ0v) is 11.3. The van der Waals surface area contributed by atoms with E-state index in [4.69, 9.17) is 11.6 Å². The molecule has 88 valence electrons. The highest BCUT2D eigenvalue weighted by Gasteiger charge is 2.16. The topological polar surface area (TPSA) is 29.1 Å². The molecule has 0 aliphatic heterocycles. The van der Waals surface area contributed by atoms with Gasteiger partial charge in [0.05, 0.1) is 17.1 Å². The van der Waals surface area contributed by atoms with Gasteiger partial charge in [-0.05, 0) is 28.1 Å². The molecule has 0 radical (unpaired) electrons. The SMILES string of the molecule is CC(C)NCC(=O)c1ccc(Br)c(Cl)c1F. The molecule has 0 saturated carbocycles. The quantitative estimate of drug-likeness (QED) is 0.682. The van der Waals surface area contributed by atoms with Gasteiger partial charge < -0.3 is 5.32 Å². The van der Waals surface area contributed by atoms with Crippen molar-refractivity contribution in [3.63, 3.8) is 0 Å². The number of benzene rings is 1. The molecule has 1 aromatic rings. The maximum Gasteiger partial charge on any atom is 0.179 e. The minimum atomic E-state index is -0.674. The molecule has 5 heteroatoms. The van der Waals surface area contributed by atoms with Crippen LogP contribution in [-0.2, 0) is 0 Å². The number of Topliss-reactive ketones (excluding diaryl/α,β-unsaturated/α-hetero) is 1. The lowest BCUT2D eigenvalue weighted by molar-refractivity contribution is 0.0984. The Kier molecular flexibility index (Phi) is 4.89. The lowest BCUT2D eigenvalue weighted by Crippen LogP contribution is -2.29. The van der Waals surface area contributed by atoms with Crippen molar-refractivity contribution in [3.05, 3.63) is 33.0 Å². The second-order valence-electron chi connectivity index (χ2n) is 3.68. The van der Waals surface area contributed by atoms with E-state index in [1.54, 1.807) is 6.07 Å². The fourth-order valence-corrected chi connectivity index (χ4v) is 1.60. The Morgan fingerprint density at radius 1 is 1.56 bits per heavy atom. The number of nitrogens with one attached hydrogen (secondary N) is 1. The molecule has 16 heavy (non-hydrogen) atoms. The summed E-state index contributed by atoms with van der Waals surface area (Å²) in [5.41, 5.74) is 0.0151.